The van der Waals surface area contributed by atoms with Gasteiger partial charge in [-0.15, -0.1) is 0 Å². The summed E-state index contributed by atoms with van der Waals surface area (Å²) in [6, 6.07) is 30.2. The maximum Gasteiger partial charge on any atom is 0.508 e. The molecule has 3 rings (SSSR count). The third kappa shape index (κ3) is 6.58. The Kier molecular flexibility index (Phi) is 7.68. The quantitative estimate of drug-likeness (QED) is 0.333. The number of benzene rings is 3. The Balaban J connectivity index is 1.49. The van der Waals surface area contributed by atoms with E-state index in [0.717, 1.165) is 24.8 Å². The summed E-state index contributed by atoms with van der Waals surface area (Å²) >= 11 is 0. The van der Waals surface area contributed by atoms with Crippen LogP contribution in [0.2, 0.25) is 0 Å². The molecule has 0 aliphatic carbocycles. The molecule has 0 spiro atoms. The van der Waals surface area contributed by atoms with Crippen molar-refractivity contribution >= 4 is 6.16 Å². The Labute approximate surface area is 166 Å². The lowest BCUT2D eigenvalue weighted by Crippen LogP contribution is -2.14. The molecule has 1 atom stereocenters. The summed E-state index contributed by atoms with van der Waals surface area (Å²) < 4.78 is 11.0. The molecular weight excluding hydrogens is 348 g/mol. The first-order valence-corrected chi connectivity index (χ1v) is 9.77. The maximum absolute atomic E-state index is 12.2. The van der Waals surface area contributed by atoms with Crippen LogP contribution in [0.4, 0.5) is 4.79 Å². The predicted octanol–water partition coefficient (Wildman–Crippen LogP) is 6.15. The molecule has 0 heterocycles. The van der Waals surface area contributed by atoms with Crippen molar-refractivity contribution in [2.75, 3.05) is 6.61 Å². The standard InChI is InChI=1S/C25H26O3/c26-25(27-20-10-15-21-11-4-1-5-12-21)28-24(23-16-8-3-9-17-23)19-18-22-13-6-2-7-14-22/h1-9,11-14,16-17,24H,10,15,18-20H2. The third-order valence-corrected chi connectivity index (χ3v) is 4.62. The van der Waals surface area contributed by atoms with Crippen molar-refractivity contribution in [1.82, 2.24) is 0 Å². The number of carbonyl (C=O) groups excluding carboxylic acids is 1. The van der Waals surface area contributed by atoms with Gasteiger partial charge in [0.2, 0.25) is 0 Å². The highest BCUT2D eigenvalue weighted by atomic mass is 16.7. The van der Waals surface area contributed by atoms with Gasteiger partial charge >= 0.3 is 6.16 Å². The Morgan fingerprint density at radius 1 is 0.714 bits per heavy atom. The van der Waals surface area contributed by atoms with Gasteiger partial charge in [0, 0.05) is 0 Å². The van der Waals surface area contributed by atoms with Crippen molar-refractivity contribution in [2.45, 2.75) is 31.8 Å². The predicted molar refractivity (Wildman–Crippen MR) is 111 cm³/mol. The van der Waals surface area contributed by atoms with Gasteiger partial charge in [-0.3, -0.25) is 0 Å². The zero-order valence-corrected chi connectivity index (χ0v) is 16.0. The third-order valence-electron chi connectivity index (χ3n) is 4.62. The molecule has 3 aromatic carbocycles. The van der Waals surface area contributed by atoms with E-state index in [1.54, 1.807) is 0 Å². The second-order valence-corrected chi connectivity index (χ2v) is 6.73. The number of ether oxygens (including phenoxy) is 2. The van der Waals surface area contributed by atoms with Crippen LogP contribution in [0.3, 0.4) is 0 Å². The molecule has 1 unspecified atom stereocenters. The molecule has 0 aliphatic heterocycles. The van der Waals surface area contributed by atoms with E-state index in [9.17, 15) is 4.79 Å². The summed E-state index contributed by atoms with van der Waals surface area (Å²) in [6.07, 6.45) is 2.29. The van der Waals surface area contributed by atoms with Gasteiger partial charge in [0.1, 0.15) is 6.10 Å². The van der Waals surface area contributed by atoms with Crippen molar-refractivity contribution in [3.8, 4) is 0 Å². The zero-order valence-electron chi connectivity index (χ0n) is 16.0. The minimum Gasteiger partial charge on any atom is -0.434 e. The zero-order chi connectivity index (χ0) is 19.4. The summed E-state index contributed by atoms with van der Waals surface area (Å²) in [4.78, 5) is 12.2. The molecule has 0 fully saturated rings. The van der Waals surface area contributed by atoms with E-state index in [4.69, 9.17) is 9.47 Å². The van der Waals surface area contributed by atoms with E-state index in [2.05, 4.69) is 24.3 Å². The fourth-order valence-electron chi connectivity index (χ4n) is 3.13. The lowest BCUT2D eigenvalue weighted by atomic mass is 10.0. The SMILES string of the molecule is O=C(OCCCc1ccccc1)OC(CCc1ccccc1)c1ccccc1. The van der Waals surface area contributed by atoms with Crippen molar-refractivity contribution < 1.29 is 14.3 Å². The van der Waals surface area contributed by atoms with E-state index >= 15 is 0 Å². The molecule has 0 radical (unpaired) electrons. The molecule has 3 aromatic rings. The topological polar surface area (TPSA) is 35.5 Å². The second-order valence-electron chi connectivity index (χ2n) is 6.73. The minimum absolute atomic E-state index is 0.317. The van der Waals surface area contributed by atoms with Gasteiger partial charge in [-0.2, -0.15) is 0 Å². The Hall–Kier alpha value is -3.07. The first-order chi connectivity index (χ1) is 13.8. The molecule has 0 aliphatic rings. The lowest BCUT2D eigenvalue weighted by Gasteiger charge is -2.18. The molecule has 3 heteroatoms. The molecule has 0 saturated heterocycles. The van der Waals surface area contributed by atoms with Crippen LogP contribution >= 0.6 is 0 Å². The van der Waals surface area contributed by atoms with Crippen LogP contribution in [-0.4, -0.2) is 12.8 Å². The van der Waals surface area contributed by atoms with E-state index in [1.165, 1.54) is 11.1 Å². The van der Waals surface area contributed by atoms with Gasteiger partial charge in [-0.05, 0) is 42.4 Å². The van der Waals surface area contributed by atoms with Crippen molar-refractivity contribution in [1.29, 1.82) is 0 Å². The highest BCUT2D eigenvalue weighted by molar-refractivity contribution is 5.60. The summed E-state index contributed by atoms with van der Waals surface area (Å²) in [5, 5.41) is 0. The lowest BCUT2D eigenvalue weighted by molar-refractivity contribution is 0.0195. The summed E-state index contributed by atoms with van der Waals surface area (Å²) in [7, 11) is 0. The average Bonchev–Trinajstić information content (AvgIpc) is 2.76. The number of carbonyl (C=O) groups is 1. The highest BCUT2D eigenvalue weighted by Gasteiger charge is 2.17. The first-order valence-electron chi connectivity index (χ1n) is 9.77. The molecule has 3 nitrogen and oxygen atoms in total. The van der Waals surface area contributed by atoms with Crippen LogP contribution in [0, 0.1) is 0 Å². The molecule has 0 saturated carbocycles. The largest absolute Gasteiger partial charge is 0.508 e. The summed E-state index contributed by atoms with van der Waals surface area (Å²) in [5.74, 6) is 0. The summed E-state index contributed by atoms with van der Waals surface area (Å²) in [6.45, 7) is 0.355. The summed E-state index contributed by atoms with van der Waals surface area (Å²) in [5.41, 5.74) is 3.45. The first kappa shape index (κ1) is 19.7. The molecule has 0 N–H and O–H groups in total. The Bertz CT molecular complexity index is 816. The van der Waals surface area contributed by atoms with Crippen LogP contribution in [-0.2, 0) is 22.3 Å². The molecule has 0 bridgehead atoms. The van der Waals surface area contributed by atoms with E-state index in [-0.39, 0.29) is 6.10 Å². The van der Waals surface area contributed by atoms with E-state index in [0.29, 0.717) is 13.0 Å². The van der Waals surface area contributed by atoms with Crippen LogP contribution in [0.1, 0.15) is 35.6 Å². The molecule has 0 aromatic heterocycles. The van der Waals surface area contributed by atoms with Crippen LogP contribution in [0.25, 0.3) is 0 Å². The van der Waals surface area contributed by atoms with Crippen LogP contribution in [0.15, 0.2) is 91.0 Å². The molecular formula is C25H26O3. The van der Waals surface area contributed by atoms with Crippen LogP contribution in [0.5, 0.6) is 0 Å². The second kappa shape index (κ2) is 10.9. The minimum atomic E-state index is -0.602. The molecule has 0 amide bonds. The number of hydrogen-bond acceptors (Lipinski definition) is 3. The number of hydrogen-bond donors (Lipinski definition) is 0. The van der Waals surface area contributed by atoms with Gasteiger partial charge < -0.3 is 9.47 Å². The Morgan fingerprint density at radius 3 is 1.86 bits per heavy atom. The average molecular weight is 374 g/mol. The maximum atomic E-state index is 12.2. The van der Waals surface area contributed by atoms with Gasteiger partial charge in [-0.25, -0.2) is 4.79 Å². The highest BCUT2D eigenvalue weighted by Crippen LogP contribution is 2.24. The van der Waals surface area contributed by atoms with Gasteiger partial charge in [-0.1, -0.05) is 91.0 Å². The number of aryl methyl sites for hydroxylation is 2. The smallest absolute Gasteiger partial charge is 0.434 e. The van der Waals surface area contributed by atoms with Crippen LogP contribution < -0.4 is 0 Å². The monoisotopic (exact) mass is 374 g/mol. The van der Waals surface area contributed by atoms with Crippen molar-refractivity contribution in [3.63, 3.8) is 0 Å². The van der Waals surface area contributed by atoms with Gasteiger partial charge in [0.05, 0.1) is 6.61 Å². The molecule has 28 heavy (non-hydrogen) atoms. The number of rotatable bonds is 9. The molecule has 144 valence electrons. The Morgan fingerprint density at radius 2 is 1.25 bits per heavy atom. The van der Waals surface area contributed by atoms with Gasteiger partial charge in [0.25, 0.3) is 0 Å². The van der Waals surface area contributed by atoms with Crippen molar-refractivity contribution in [3.05, 3.63) is 108 Å². The van der Waals surface area contributed by atoms with E-state index in [1.807, 2.05) is 66.7 Å². The van der Waals surface area contributed by atoms with E-state index < -0.39 is 6.16 Å². The fraction of sp³-hybridized carbons (Fsp3) is 0.240. The van der Waals surface area contributed by atoms with Crippen molar-refractivity contribution in [2.24, 2.45) is 0 Å². The fourth-order valence-corrected chi connectivity index (χ4v) is 3.13. The normalized spacial score (nSPS) is 11.6. The van der Waals surface area contributed by atoms with Gasteiger partial charge in [0.15, 0.2) is 0 Å².